The lowest BCUT2D eigenvalue weighted by Crippen LogP contribution is -2.29. The third-order valence-corrected chi connectivity index (χ3v) is 5.42. The molecule has 3 aromatic rings. The van der Waals surface area contributed by atoms with Crippen molar-refractivity contribution in [3.63, 3.8) is 0 Å². The molecule has 7 nitrogen and oxygen atoms in total. The molecule has 1 aliphatic rings. The molecule has 2 atom stereocenters. The number of aromatic nitrogens is 4. The Kier molecular flexibility index (Phi) is 6.30. The van der Waals surface area contributed by atoms with E-state index in [2.05, 4.69) is 37.5 Å². The summed E-state index contributed by atoms with van der Waals surface area (Å²) >= 11 is 6.24. The summed E-state index contributed by atoms with van der Waals surface area (Å²) in [7, 11) is 0. The minimum Gasteiger partial charge on any atom is -0.390 e. The highest BCUT2D eigenvalue weighted by molar-refractivity contribution is 6.68. The molecular weight excluding hydrogens is 400 g/mol. The van der Waals surface area contributed by atoms with E-state index in [0.29, 0.717) is 17.4 Å². The zero-order chi connectivity index (χ0) is 20.9. The second-order valence-corrected chi connectivity index (χ2v) is 7.66. The molecule has 1 aliphatic heterocycles. The fourth-order valence-electron chi connectivity index (χ4n) is 3.51. The van der Waals surface area contributed by atoms with E-state index in [1.807, 2.05) is 48.5 Å². The first-order valence-electron chi connectivity index (χ1n) is 10.1. The molecule has 154 valence electrons. The van der Waals surface area contributed by atoms with Crippen molar-refractivity contribution in [1.29, 1.82) is 0 Å². The number of benzene rings is 2. The van der Waals surface area contributed by atoms with Crippen molar-refractivity contribution in [2.24, 2.45) is 9.98 Å². The number of nitrogens with zero attached hydrogens (tertiary/aromatic N) is 5. The maximum atomic E-state index is 10.7. The third kappa shape index (κ3) is 4.47. The zero-order valence-electron chi connectivity index (χ0n) is 16.7. The Bertz CT molecular complexity index is 1050. The number of tetrazole rings is 1. The molecule has 0 amide bonds. The van der Waals surface area contributed by atoms with Crippen LogP contribution in [0.2, 0.25) is 0 Å². The molecule has 0 spiro atoms. The van der Waals surface area contributed by atoms with Crippen LogP contribution in [0, 0.1) is 0 Å². The Hall–Kier alpha value is -2.90. The summed E-state index contributed by atoms with van der Waals surface area (Å²) in [5.74, 6) is 1.29. The van der Waals surface area contributed by atoms with E-state index in [9.17, 15) is 5.11 Å². The fraction of sp³-hybridized carbons (Fsp3) is 0.318. The summed E-state index contributed by atoms with van der Waals surface area (Å²) in [4.78, 5) is 8.83. The number of H-pyrrole nitrogens is 1. The lowest BCUT2D eigenvalue weighted by molar-refractivity contribution is 0.169. The minimum absolute atomic E-state index is 0.374. The lowest BCUT2D eigenvalue weighted by Gasteiger charge is -2.15. The molecule has 0 radical (unpaired) electrons. The van der Waals surface area contributed by atoms with Gasteiger partial charge in [-0.3, -0.25) is 4.99 Å². The van der Waals surface area contributed by atoms with Crippen LogP contribution in [-0.2, 0) is 6.42 Å². The van der Waals surface area contributed by atoms with Crippen LogP contribution in [0.15, 0.2) is 58.5 Å². The average molecular weight is 423 g/mol. The van der Waals surface area contributed by atoms with Gasteiger partial charge in [0.15, 0.2) is 0 Å². The Morgan fingerprint density at radius 2 is 1.87 bits per heavy atom. The van der Waals surface area contributed by atoms with Gasteiger partial charge in [-0.1, -0.05) is 73.5 Å². The van der Waals surface area contributed by atoms with Crippen molar-refractivity contribution in [2.45, 2.75) is 44.8 Å². The van der Waals surface area contributed by atoms with E-state index in [-0.39, 0.29) is 0 Å². The molecule has 0 bridgehead atoms. The number of rotatable bonds is 8. The molecule has 2 N–H and O–H groups in total. The van der Waals surface area contributed by atoms with Crippen molar-refractivity contribution in [1.82, 2.24) is 20.6 Å². The summed E-state index contributed by atoms with van der Waals surface area (Å²) < 4.78 is 0. The first-order valence-corrected chi connectivity index (χ1v) is 10.4. The number of hydrogen-bond acceptors (Lipinski definition) is 6. The van der Waals surface area contributed by atoms with Crippen LogP contribution < -0.4 is 0 Å². The van der Waals surface area contributed by atoms with Crippen LogP contribution in [0.4, 0.5) is 0 Å². The van der Waals surface area contributed by atoms with Gasteiger partial charge in [0, 0.05) is 18.4 Å². The quantitative estimate of drug-likeness (QED) is 0.572. The number of aromatic amines is 1. The van der Waals surface area contributed by atoms with Gasteiger partial charge in [-0.05, 0) is 28.3 Å². The highest BCUT2D eigenvalue weighted by Crippen LogP contribution is 2.30. The Labute approximate surface area is 179 Å². The normalized spacial score (nSPS) is 17.0. The van der Waals surface area contributed by atoms with Gasteiger partial charge in [-0.15, -0.1) is 10.2 Å². The Morgan fingerprint density at radius 3 is 2.57 bits per heavy atom. The van der Waals surface area contributed by atoms with Crippen LogP contribution in [0.3, 0.4) is 0 Å². The number of hydrogen-bond donors (Lipinski definition) is 2. The maximum absolute atomic E-state index is 10.7. The number of aliphatic hydroxyl groups excluding tert-OH is 1. The minimum atomic E-state index is -0.710. The molecule has 0 saturated carbocycles. The predicted octanol–water partition coefficient (Wildman–Crippen LogP) is 4.05. The Balaban J connectivity index is 1.48. The van der Waals surface area contributed by atoms with Crippen LogP contribution in [0.5, 0.6) is 0 Å². The van der Waals surface area contributed by atoms with E-state index < -0.39 is 12.1 Å². The molecule has 30 heavy (non-hydrogen) atoms. The smallest absolute Gasteiger partial charge is 0.205 e. The average Bonchev–Trinajstić information content (AvgIpc) is 3.43. The zero-order valence-corrected chi connectivity index (χ0v) is 17.4. The summed E-state index contributed by atoms with van der Waals surface area (Å²) in [6, 6.07) is 15.5. The van der Waals surface area contributed by atoms with Crippen LogP contribution in [0.1, 0.15) is 31.7 Å². The number of halogens is 1. The summed E-state index contributed by atoms with van der Waals surface area (Å²) in [5, 5.41) is 25.4. The summed E-state index contributed by atoms with van der Waals surface area (Å²) in [6.45, 7) is 2.12. The molecule has 0 saturated heterocycles. The molecule has 0 aliphatic carbocycles. The van der Waals surface area contributed by atoms with Crippen molar-refractivity contribution in [3.8, 4) is 22.5 Å². The molecule has 0 fully saturated rings. The molecule has 1 aromatic heterocycles. The van der Waals surface area contributed by atoms with E-state index in [1.54, 1.807) is 0 Å². The van der Waals surface area contributed by atoms with Gasteiger partial charge in [0.1, 0.15) is 17.0 Å². The van der Waals surface area contributed by atoms with Crippen molar-refractivity contribution >= 4 is 22.6 Å². The first kappa shape index (κ1) is 20.4. The second kappa shape index (κ2) is 9.28. The summed E-state index contributed by atoms with van der Waals surface area (Å²) in [6.07, 6.45) is 2.62. The highest BCUT2D eigenvalue weighted by atomic mass is 35.5. The van der Waals surface area contributed by atoms with Gasteiger partial charge in [0.05, 0.1) is 6.10 Å². The van der Waals surface area contributed by atoms with Crippen LogP contribution >= 0.6 is 11.6 Å². The number of unbranched alkanes of at least 4 members (excludes halogenated alkanes) is 1. The molecule has 2 aromatic carbocycles. The maximum Gasteiger partial charge on any atom is 0.205 e. The van der Waals surface area contributed by atoms with Gasteiger partial charge in [-0.2, -0.15) is 5.21 Å². The van der Waals surface area contributed by atoms with Gasteiger partial charge >= 0.3 is 0 Å². The first-order chi connectivity index (χ1) is 14.7. The molecule has 2 unspecified atom stereocenters. The molecule has 4 rings (SSSR count). The van der Waals surface area contributed by atoms with Crippen LogP contribution in [-0.4, -0.2) is 48.9 Å². The van der Waals surface area contributed by atoms with Gasteiger partial charge in [0.25, 0.3) is 0 Å². The number of amidine groups is 1. The van der Waals surface area contributed by atoms with Gasteiger partial charge in [0.2, 0.25) is 5.82 Å². The monoisotopic (exact) mass is 422 g/mol. The standard InChI is InChI=1S/C22H23ClN6O/c1-2-3-8-19-24-20(21(23)25-19)18(30)13-14-9-11-15(12-10-14)16-6-4-5-7-17(16)22-26-28-29-27-22/h4-7,9-12,18,20,30H,2-3,8,13H2,1H3,(H,26,27,28,29). The summed E-state index contributed by atoms with van der Waals surface area (Å²) in [5.41, 5.74) is 3.96. The molecular formula is C22H23ClN6O. The SMILES string of the molecule is CCCCC1=NC(C(O)Cc2ccc(-c3ccccc3-c3nn[nH]n3)cc2)C(Cl)=N1. The van der Waals surface area contributed by atoms with Crippen molar-refractivity contribution in [2.75, 3.05) is 0 Å². The Morgan fingerprint density at radius 1 is 1.10 bits per heavy atom. The van der Waals surface area contributed by atoms with Gasteiger partial charge < -0.3 is 5.11 Å². The number of nitrogens with one attached hydrogen (secondary N) is 1. The second-order valence-electron chi connectivity index (χ2n) is 7.28. The largest absolute Gasteiger partial charge is 0.390 e. The molecule has 2 heterocycles. The predicted molar refractivity (Wildman–Crippen MR) is 119 cm³/mol. The van der Waals surface area contributed by atoms with Crippen molar-refractivity contribution in [3.05, 3.63) is 54.1 Å². The fourth-order valence-corrected chi connectivity index (χ4v) is 3.80. The number of aliphatic imine (C=N–C) groups is 2. The van der Waals surface area contributed by atoms with E-state index in [4.69, 9.17) is 11.6 Å². The topological polar surface area (TPSA) is 99.4 Å². The van der Waals surface area contributed by atoms with Gasteiger partial charge in [-0.25, -0.2) is 4.99 Å². The number of aliphatic hydroxyl groups is 1. The van der Waals surface area contributed by atoms with E-state index in [1.165, 1.54) is 0 Å². The van der Waals surface area contributed by atoms with Crippen LogP contribution in [0.25, 0.3) is 22.5 Å². The molecule has 8 heteroatoms. The van der Waals surface area contributed by atoms with E-state index in [0.717, 1.165) is 47.4 Å². The third-order valence-electron chi connectivity index (χ3n) is 5.11. The van der Waals surface area contributed by atoms with E-state index >= 15 is 0 Å². The van der Waals surface area contributed by atoms with Crippen molar-refractivity contribution < 1.29 is 5.11 Å². The highest BCUT2D eigenvalue weighted by Gasteiger charge is 2.28. The lowest BCUT2D eigenvalue weighted by atomic mass is 9.96.